The molecule has 1 unspecified atom stereocenters. The summed E-state index contributed by atoms with van der Waals surface area (Å²) in [7, 11) is 1.91. The van der Waals surface area contributed by atoms with Gasteiger partial charge in [0.1, 0.15) is 0 Å². The van der Waals surface area contributed by atoms with Crippen molar-refractivity contribution < 1.29 is 9.53 Å². The molecule has 1 amide bonds. The Hall–Kier alpha value is -0.610. The molecule has 0 aromatic rings. The fraction of sp³-hybridized carbons (Fsp3) is 0.929. The third-order valence-corrected chi connectivity index (χ3v) is 4.72. The highest BCUT2D eigenvalue weighted by Gasteiger charge is 2.35. The lowest BCUT2D eigenvalue weighted by atomic mass is 9.71. The second kappa shape index (κ2) is 6.02. The number of hydrogen-bond acceptors (Lipinski definition) is 3. The number of likely N-dealkylation sites (N-methyl/N-ethyl adjacent to an activating group) is 1. The van der Waals surface area contributed by atoms with Crippen molar-refractivity contribution in [2.75, 3.05) is 26.8 Å². The van der Waals surface area contributed by atoms with E-state index in [-0.39, 0.29) is 17.4 Å². The Bertz CT molecular complexity index is 282. The summed E-state index contributed by atoms with van der Waals surface area (Å²) in [5.74, 6) is 0.248. The average molecular weight is 254 g/mol. The molecule has 2 N–H and O–H groups in total. The van der Waals surface area contributed by atoms with Gasteiger partial charge >= 0.3 is 0 Å². The van der Waals surface area contributed by atoms with E-state index in [1.165, 1.54) is 19.3 Å². The van der Waals surface area contributed by atoms with Gasteiger partial charge in [-0.2, -0.15) is 0 Å². The fourth-order valence-corrected chi connectivity index (χ4v) is 3.23. The number of hydrogen-bond donors (Lipinski definition) is 1. The zero-order chi connectivity index (χ0) is 13.0. The number of rotatable bonds is 4. The summed E-state index contributed by atoms with van der Waals surface area (Å²) in [4.78, 5) is 14.3. The van der Waals surface area contributed by atoms with Crippen LogP contribution in [0.4, 0.5) is 0 Å². The molecule has 1 atom stereocenters. The second-order valence-electron chi connectivity index (χ2n) is 5.96. The lowest BCUT2D eigenvalue weighted by molar-refractivity contribution is -0.135. The zero-order valence-electron chi connectivity index (χ0n) is 11.5. The molecular weight excluding hydrogens is 228 g/mol. The van der Waals surface area contributed by atoms with E-state index < -0.39 is 0 Å². The van der Waals surface area contributed by atoms with Crippen molar-refractivity contribution in [3.05, 3.63) is 0 Å². The van der Waals surface area contributed by atoms with Crippen LogP contribution in [0.25, 0.3) is 0 Å². The van der Waals surface area contributed by atoms with Crippen molar-refractivity contribution in [3.63, 3.8) is 0 Å². The average Bonchev–Trinajstić information content (AvgIpc) is 2.92. The van der Waals surface area contributed by atoms with E-state index in [1.54, 1.807) is 0 Å². The van der Waals surface area contributed by atoms with Gasteiger partial charge in [-0.3, -0.25) is 4.79 Å². The summed E-state index contributed by atoms with van der Waals surface area (Å²) < 4.78 is 5.35. The highest BCUT2D eigenvalue weighted by molar-refractivity contribution is 5.77. The first-order chi connectivity index (χ1) is 8.67. The van der Waals surface area contributed by atoms with Crippen LogP contribution < -0.4 is 5.73 Å². The Morgan fingerprint density at radius 3 is 2.67 bits per heavy atom. The van der Waals surface area contributed by atoms with Gasteiger partial charge in [-0.05, 0) is 31.2 Å². The molecule has 2 fully saturated rings. The predicted molar refractivity (Wildman–Crippen MR) is 71.2 cm³/mol. The lowest BCUT2D eigenvalue weighted by Crippen LogP contribution is -2.43. The van der Waals surface area contributed by atoms with Gasteiger partial charge in [-0.15, -0.1) is 0 Å². The quantitative estimate of drug-likeness (QED) is 0.828. The van der Waals surface area contributed by atoms with Crippen molar-refractivity contribution >= 4 is 5.91 Å². The molecule has 0 bridgehead atoms. The minimum absolute atomic E-state index is 0.0725. The van der Waals surface area contributed by atoms with E-state index in [2.05, 4.69) is 0 Å². The fourth-order valence-electron chi connectivity index (χ4n) is 3.23. The molecule has 1 heterocycles. The van der Waals surface area contributed by atoms with E-state index in [1.807, 2.05) is 11.9 Å². The van der Waals surface area contributed by atoms with E-state index in [0.29, 0.717) is 19.6 Å². The third-order valence-electron chi connectivity index (χ3n) is 4.72. The van der Waals surface area contributed by atoms with E-state index in [4.69, 9.17) is 10.5 Å². The van der Waals surface area contributed by atoms with Crippen LogP contribution in [0, 0.1) is 5.41 Å². The van der Waals surface area contributed by atoms with Crippen LogP contribution >= 0.6 is 0 Å². The smallest absolute Gasteiger partial charge is 0.223 e. The molecule has 0 aromatic carbocycles. The van der Waals surface area contributed by atoms with Crippen LogP contribution in [0.2, 0.25) is 0 Å². The molecule has 1 aliphatic heterocycles. The first-order valence-corrected chi connectivity index (χ1v) is 7.20. The molecule has 4 heteroatoms. The number of nitrogens with zero attached hydrogens (tertiary/aromatic N) is 1. The summed E-state index contributed by atoms with van der Waals surface area (Å²) in [5.41, 5.74) is 6.02. The maximum absolute atomic E-state index is 12.4. The first kappa shape index (κ1) is 13.8. The van der Waals surface area contributed by atoms with E-state index >= 15 is 0 Å². The maximum atomic E-state index is 12.4. The van der Waals surface area contributed by atoms with Crippen LogP contribution in [-0.4, -0.2) is 43.7 Å². The van der Waals surface area contributed by atoms with Crippen LogP contribution in [0.5, 0.6) is 0 Å². The minimum atomic E-state index is 0.0725. The Morgan fingerprint density at radius 2 is 2.11 bits per heavy atom. The summed E-state index contributed by atoms with van der Waals surface area (Å²) in [6.45, 7) is 2.12. The highest BCUT2D eigenvalue weighted by atomic mass is 16.5. The van der Waals surface area contributed by atoms with Gasteiger partial charge in [0, 0.05) is 20.1 Å². The molecule has 1 aliphatic carbocycles. The molecule has 2 aliphatic rings. The molecule has 0 radical (unpaired) electrons. The lowest BCUT2D eigenvalue weighted by Gasteiger charge is -2.37. The van der Waals surface area contributed by atoms with Gasteiger partial charge in [0.15, 0.2) is 0 Å². The summed E-state index contributed by atoms with van der Waals surface area (Å²) in [6.07, 6.45) is 7.56. The Kier molecular flexibility index (Phi) is 4.62. The summed E-state index contributed by atoms with van der Waals surface area (Å²) in [5, 5.41) is 0. The molecule has 0 spiro atoms. The van der Waals surface area contributed by atoms with Gasteiger partial charge in [-0.1, -0.05) is 19.3 Å². The van der Waals surface area contributed by atoms with Crippen molar-refractivity contribution in [2.24, 2.45) is 11.1 Å². The monoisotopic (exact) mass is 254 g/mol. The van der Waals surface area contributed by atoms with Gasteiger partial charge < -0.3 is 15.4 Å². The molecule has 104 valence electrons. The van der Waals surface area contributed by atoms with Crippen molar-refractivity contribution in [2.45, 2.75) is 51.0 Å². The molecule has 1 saturated carbocycles. The predicted octanol–water partition coefficient (Wildman–Crippen LogP) is 1.53. The molecule has 1 saturated heterocycles. The number of carbonyl (C=O) groups is 1. The molecule has 18 heavy (non-hydrogen) atoms. The Balaban J connectivity index is 1.91. The topological polar surface area (TPSA) is 55.6 Å². The standard InChI is InChI=1S/C14H26N2O2/c1-16(12-5-8-18-10-12)13(17)9-14(11-15)6-3-2-4-7-14/h12H,2-11,15H2,1H3. The molecule has 2 rings (SSSR count). The van der Waals surface area contributed by atoms with Crippen molar-refractivity contribution in [1.29, 1.82) is 0 Å². The van der Waals surface area contributed by atoms with Crippen molar-refractivity contribution in [3.8, 4) is 0 Å². The van der Waals surface area contributed by atoms with Gasteiger partial charge in [0.25, 0.3) is 0 Å². The summed E-state index contributed by atoms with van der Waals surface area (Å²) >= 11 is 0. The normalized spacial score (nSPS) is 27.1. The van der Waals surface area contributed by atoms with Crippen molar-refractivity contribution in [1.82, 2.24) is 4.90 Å². The summed E-state index contributed by atoms with van der Waals surface area (Å²) in [6, 6.07) is 0.274. The zero-order valence-corrected chi connectivity index (χ0v) is 11.5. The molecule has 0 aromatic heterocycles. The van der Waals surface area contributed by atoms with Crippen LogP contribution in [0.3, 0.4) is 0 Å². The minimum Gasteiger partial charge on any atom is -0.379 e. The van der Waals surface area contributed by atoms with E-state index in [0.717, 1.165) is 25.9 Å². The second-order valence-corrected chi connectivity index (χ2v) is 5.96. The number of carbonyl (C=O) groups excluding carboxylic acids is 1. The van der Waals surface area contributed by atoms with Gasteiger partial charge in [0.2, 0.25) is 5.91 Å². The third kappa shape index (κ3) is 3.04. The first-order valence-electron chi connectivity index (χ1n) is 7.20. The van der Waals surface area contributed by atoms with Gasteiger partial charge in [-0.25, -0.2) is 0 Å². The Morgan fingerprint density at radius 1 is 1.39 bits per heavy atom. The number of amides is 1. The van der Waals surface area contributed by atoms with Crippen LogP contribution in [0.15, 0.2) is 0 Å². The van der Waals surface area contributed by atoms with Gasteiger partial charge in [0.05, 0.1) is 12.6 Å². The van der Waals surface area contributed by atoms with E-state index in [9.17, 15) is 4.79 Å². The van der Waals surface area contributed by atoms with Crippen LogP contribution in [0.1, 0.15) is 44.9 Å². The Labute approximate surface area is 110 Å². The van der Waals surface area contributed by atoms with Crippen LogP contribution in [-0.2, 0) is 9.53 Å². The highest BCUT2D eigenvalue weighted by Crippen LogP contribution is 2.38. The number of ether oxygens (including phenoxy) is 1. The largest absolute Gasteiger partial charge is 0.379 e. The molecular formula is C14H26N2O2. The SMILES string of the molecule is CN(C(=O)CC1(CN)CCCCC1)C1CCOC1. The maximum Gasteiger partial charge on any atom is 0.223 e. The molecule has 4 nitrogen and oxygen atoms in total. The number of nitrogens with two attached hydrogens (primary N) is 1.